The first-order valence-corrected chi connectivity index (χ1v) is 7.34. The molecular formula is C15H21NO4. The van der Waals surface area contributed by atoms with Crippen molar-refractivity contribution in [3.8, 4) is 0 Å². The zero-order chi connectivity index (χ0) is 14.3. The summed E-state index contributed by atoms with van der Waals surface area (Å²) in [5.41, 5.74) is 0. The van der Waals surface area contributed by atoms with Crippen LogP contribution in [0.2, 0.25) is 0 Å². The third-order valence-electron chi connectivity index (χ3n) is 4.84. The van der Waals surface area contributed by atoms with E-state index in [1.807, 2.05) is 17.1 Å². The summed E-state index contributed by atoms with van der Waals surface area (Å²) in [4.78, 5) is 26.2. The topological polar surface area (TPSA) is 66.8 Å². The summed E-state index contributed by atoms with van der Waals surface area (Å²) in [5.74, 6) is -1.58. The molecule has 4 unspecified atom stereocenters. The lowest BCUT2D eigenvalue weighted by molar-refractivity contribution is -0.151. The van der Waals surface area contributed by atoms with Crippen LogP contribution in [0.15, 0.2) is 12.2 Å². The quantitative estimate of drug-likeness (QED) is 0.741. The molecule has 1 amide bonds. The first-order chi connectivity index (χ1) is 9.63. The van der Waals surface area contributed by atoms with Gasteiger partial charge in [-0.05, 0) is 31.1 Å². The molecule has 0 aliphatic heterocycles. The lowest BCUT2D eigenvalue weighted by Gasteiger charge is -2.31. The Morgan fingerprint density at radius 3 is 2.45 bits per heavy atom. The second kappa shape index (κ2) is 5.20. The zero-order valence-corrected chi connectivity index (χ0v) is 11.7. The summed E-state index contributed by atoms with van der Waals surface area (Å²) in [6.45, 7) is 1.08. The zero-order valence-electron chi connectivity index (χ0n) is 11.7. The number of ether oxygens (including phenoxy) is 1. The number of rotatable bonds is 6. The Bertz CT molecular complexity index is 443. The Morgan fingerprint density at radius 2 is 1.90 bits per heavy atom. The summed E-state index contributed by atoms with van der Waals surface area (Å²) < 4.78 is 5.08. The standard InChI is InChI=1S/C15H21NO4/c1-20-7-6-16(11-4-5-11)14(17)12-9-2-3-10(8-9)13(12)15(18)19/h2-3,9-13H,4-8H2,1H3,(H,18,19). The second-order valence-electron chi connectivity index (χ2n) is 6.09. The summed E-state index contributed by atoms with van der Waals surface area (Å²) in [5, 5.41) is 9.44. The first kappa shape index (κ1) is 13.6. The maximum absolute atomic E-state index is 12.8. The molecule has 0 aromatic rings. The maximum atomic E-state index is 12.8. The van der Waals surface area contributed by atoms with Crippen LogP contribution in [0.1, 0.15) is 19.3 Å². The molecule has 1 N–H and O–H groups in total. The van der Waals surface area contributed by atoms with Gasteiger partial charge in [0.15, 0.2) is 0 Å². The van der Waals surface area contributed by atoms with E-state index < -0.39 is 11.9 Å². The molecule has 110 valence electrons. The highest BCUT2D eigenvalue weighted by Gasteiger charge is 2.53. The number of hydrogen-bond acceptors (Lipinski definition) is 3. The van der Waals surface area contributed by atoms with Crippen LogP contribution in [-0.2, 0) is 14.3 Å². The van der Waals surface area contributed by atoms with Crippen molar-refractivity contribution < 1.29 is 19.4 Å². The Balaban J connectivity index is 1.77. The van der Waals surface area contributed by atoms with Gasteiger partial charge in [0.1, 0.15) is 0 Å². The molecular weight excluding hydrogens is 258 g/mol. The van der Waals surface area contributed by atoms with Gasteiger partial charge in [0.2, 0.25) is 5.91 Å². The van der Waals surface area contributed by atoms with E-state index in [1.54, 1.807) is 7.11 Å². The van der Waals surface area contributed by atoms with Crippen molar-refractivity contribution in [2.45, 2.75) is 25.3 Å². The van der Waals surface area contributed by atoms with E-state index in [0.717, 1.165) is 19.3 Å². The van der Waals surface area contributed by atoms with Crippen molar-refractivity contribution in [2.75, 3.05) is 20.3 Å². The highest BCUT2D eigenvalue weighted by Crippen LogP contribution is 2.49. The highest BCUT2D eigenvalue weighted by atomic mass is 16.5. The monoisotopic (exact) mass is 279 g/mol. The number of aliphatic carboxylic acids is 1. The van der Waals surface area contributed by atoms with Gasteiger partial charge in [0, 0.05) is 19.7 Å². The minimum atomic E-state index is -0.831. The van der Waals surface area contributed by atoms with E-state index >= 15 is 0 Å². The lowest BCUT2D eigenvalue weighted by atomic mass is 9.82. The number of fused-ring (bicyclic) bond motifs is 2. The van der Waals surface area contributed by atoms with Crippen molar-refractivity contribution in [3.63, 3.8) is 0 Å². The van der Waals surface area contributed by atoms with Crippen LogP contribution in [0, 0.1) is 23.7 Å². The number of hydrogen-bond donors (Lipinski definition) is 1. The smallest absolute Gasteiger partial charge is 0.307 e. The number of carbonyl (C=O) groups excluding carboxylic acids is 1. The molecule has 0 saturated heterocycles. The molecule has 2 saturated carbocycles. The van der Waals surface area contributed by atoms with Gasteiger partial charge in [-0.2, -0.15) is 0 Å². The minimum Gasteiger partial charge on any atom is -0.481 e. The van der Waals surface area contributed by atoms with E-state index in [2.05, 4.69) is 0 Å². The Labute approximate surface area is 118 Å². The number of amides is 1. The minimum absolute atomic E-state index is 0.0220. The highest BCUT2D eigenvalue weighted by molar-refractivity contribution is 5.87. The fourth-order valence-corrected chi connectivity index (χ4v) is 3.74. The van der Waals surface area contributed by atoms with Crippen LogP contribution in [0.3, 0.4) is 0 Å². The predicted molar refractivity (Wildman–Crippen MR) is 72.0 cm³/mol. The number of allylic oxidation sites excluding steroid dienone is 2. The van der Waals surface area contributed by atoms with Crippen LogP contribution in [-0.4, -0.2) is 48.2 Å². The molecule has 3 aliphatic rings. The van der Waals surface area contributed by atoms with Gasteiger partial charge in [0.25, 0.3) is 0 Å². The van der Waals surface area contributed by atoms with Gasteiger partial charge in [0.05, 0.1) is 18.4 Å². The van der Waals surface area contributed by atoms with Gasteiger partial charge >= 0.3 is 5.97 Å². The maximum Gasteiger partial charge on any atom is 0.307 e. The summed E-state index contributed by atoms with van der Waals surface area (Å²) >= 11 is 0. The second-order valence-corrected chi connectivity index (χ2v) is 6.09. The molecule has 0 aromatic heterocycles. The van der Waals surface area contributed by atoms with E-state index in [9.17, 15) is 14.7 Å². The SMILES string of the molecule is COCCN(C(=O)C1C2C=CC(C2)C1C(=O)O)C1CC1. The van der Waals surface area contributed by atoms with Gasteiger partial charge < -0.3 is 14.7 Å². The third-order valence-corrected chi connectivity index (χ3v) is 4.84. The summed E-state index contributed by atoms with van der Waals surface area (Å²) in [6.07, 6.45) is 6.89. The Hall–Kier alpha value is -1.36. The van der Waals surface area contributed by atoms with Crippen molar-refractivity contribution in [1.29, 1.82) is 0 Å². The molecule has 0 spiro atoms. The number of carboxylic acid groups (broad SMARTS) is 1. The lowest BCUT2D eigenvalue weighted by Crippen LogP contribution is -2.45. The third kappa shape index (κ3) is 2.24. The number of carboxylic acids is 1. The molecule has 2 fully saturated rings. The molecule has 20 heavy (non-hydrogen) atoms. The van der Waals surface area contributed by atoms with Crippen molar-refractivity contribution >= 4 is 11.9 Å². The number of methoxy groups -OCH3 is 1. The van der Waals surface area contributed by atoms with E-state index in [0.29, 0.717) is 19.2 Å². The Kier molecular flexibility index (Phi) is 3.54. The predicted octanol–water partition coefficient (Wildman–Crippen LogP) is 1.15. The molecule has 0 radical (unpaired) electrons. The van der Waals surface area contributed by atoms with Crippen molar-refractivity contribution in [3.05, 3.63) is 12.2 Å². The summed E-state index contributed by atoms with van der Waals surface area (Å²) in [7, 11) is 1.62. The van der Waals surface area contributed by atoms with E-state index in [-0.39, 0.29) is 23.7 Å². The summed E-state index contributed by atoms with van der Waals surface area (Å²) in [6, 6.07) is 0.301. The fraction of sp³-hybridized carbons (Fsp3) is 0.733. The first-order valence-electron chi connectivity index (χ1n) is 7.34. The molecule has 0 aromatic carbocycles. The molecule has 5 nitrogen and oxygen atoms in total. The van der Waals surface area contributed by atoms with Gasteiger partial charge in [-0.25, -0.2) is 0 Å². The van der Waals surface area contributed by atoms with Crippen molar-refractivity contribution in [2.24, 2.45) is 23.7 Å². The fourth-order valence-electron chi connectivity index (χ4n) is 3.74. The van der Waals surface area contributed by atoms with Crippen molar-refractivity contribution in [1.82, 2.24) is 4.90 Å². The van der Waals surface area contributed by atoms with Gasteiger partial charge in [-0.3, -0.25) is 9.59 Å². The number of carbonyl (C=O) groups is 2. The van der Waals surface area contributed by atoms with Gasteiger partial charge in [-0.15, -0.1) is 0 Å². The van der Waals surface area contributed by atoms with Crippen LogP contribution in [0.25, 0.3) is 0 Å². The van der Waals surface area contributed by atoms with Gasteiger partial charge in [-0.1, -0.05) is 12.2 Å². The van der Waals surface area contributed by atoms with Crippen LogP contribution < -0.4 is 0 Å². The number of nitrogens with zero attached hydrogens (tertiary/aromatic N) is 1. The molecule has 0 heterocycles. The van der Waals surface area contributed by atoms with E-state index in [1.165, 1.54) is 0 Å². The van der Waals surface area contributed by atoms with Crippen LogP contribution in [0.4, 0.5) is 0 Å². The average molecular weight is 279 g/mol. The Morgan fingerprint density at radius 1 is 1.25 bits per heavy atom. The van der Waals surface area contributed by atoms with E-state index in [4.69, 9.17) is 4.74 Å². The van der Waals surface area contributed by atoms with Crippen LogP contribution >= 0.6 is 0 Å². The molecule has 4 atom stereocenters. The van der Waals surface area contributed by atoms with Crippen LogP contribution in [0.5, 0.6) is 0 Å². The molecule has 3 aliphatic carbocycles. The molecule has 5 heteroatoms. The molecule has 2 bridgehead atoms. The average Bonchev–Trinajstić information content (AvgIpc) is 3.05. The normalized spacial score (nSPS) is 34.5. The molecule has 3 rings (SSSR count). The largest absolute Gasteiger partial charge is 0.481 e.